The number of hydrogen-bond donors (Lipinski definition) is 0. The summed E-state index contributed by atoms with van der Waals surface area (Å²) >= 11 is 0. The Morgan fingerprint density at radius 1 is 0.486 bits per heavy atom. The fourth-order valence-electron chi connectivity index (χ4n) is 4.77. The summed E-state index contributed by atoms with van der Waals surface area (Å²) in [6.07, 6.45) is 1.10. The molecule has 0 amide bonds. The van der Waals surface area contributed by atoms with E-state index in [0.29, 0.717) is 5.66 Å². The van der Waals surface area contributed by atoms with Gasteiger partial charge in [-0.25, -0.2) is 0 Å². The van der Waals surface area contributed by atoms with Gasteiger partial charge in [-0.3, -0.25) is 0 Å². The first-order valence-corrected chi connectivity index (χ1v) is 15.7. The van der Waals surface area contributed by atoms with Crippen molar-refractivity contribution in [2.75, 3.05) is 25.2 Å². The predicted octanol–water partition coefficient (Wildman–Crippen LogP) is 7.06. The third-order valence-corrected chi connectivity index (χ3v) is 12.3. The van der Waals surface area contributed by atoms with Crippen LogP contribution >= 0.6 is 15.8 Å². The van der Waals surface area contributed by atoms with Crippen molar-refractivity contribution in [3.8, 4) is 0 Å². The van der Waals surface area contributed by atoms with Crippen LogP contribution < -0.4 is 26.1 Å². The summed E-state index contributed by atoms with van der Waals surface area (Å²) in [7, 11) is 3.05. The molecule has 0 aliphatic rings. The summed E-state index contributed by atoms with van der Waals surface area (Å²) in [4.78, 5) is 2.18. The number of benzene rings is 5. The lowest BCUT2D eigenvalue weighted by Gasteiger charge is -2.33. The van der Waals surface area contributed by atoms with Gasteiger partial charge in [-0.2, -0.15) is 0 Å². The fraction of sp³-hybridized carbons (Fsp3) is 0.118. The average molecular weight is 518 g/mol. The highest BCUT2D eigenvalue weighted by molar-refractivity contribution is 7.76. The molecule has 0 aliphatic heterocycles. The molecular formula is C34H33NP2. The normalized spacial score (nSPS) is 12.0. The molecule has 0 aliphatic carbocycles. The lowest BCUT2D eigenvalue weighted by atomic mass is 10.1. The van der Waals surface area contributed by atoms with Crippen molar-refractivity contribution in [1.29, 1.82) is 0 Å². The van der Waals surface area contributed by atoms with E-state index in [-0.39, 0.29) is 0 Å². The van der Waals surface area contributed by atoms with Gasteiger partial charge in [-0.15, -0.1) is 0 Å². The molecule has 184 valence electrons. The molecule has 0 saturated carbocycles. The topological polar surface area (TPSA) is 3.24 Å². The second-order valence-corrected chi connectivity index (χ2v) is 14.0. The van der Waals surface area contributed by atoms with Gasteiger partial charge in [0, 0.05) is 25.4 Å². The monoisotopic (exact) mass is 517 g/mol. The molecule has 0 bridgehead atoms. The summed E-state index contributed by atoms with van der Waals surface area (Å²) in [6.45, 7) is 0. The van der Waals surface area contributed by atoms with Gasteiger partial charge in [0.1, 0.15) is 0 Å². The molecule has 1 nitrogen and oxygen atoms in total. The summed E-state index contributed by atoms with van der Waals surface area (Å²) in [5.74, 6) is 0. The van der Waals surface area contributed by atoms with Crippen molar-refractivity contribution in [2.24, 2.45) is 0 Å². The van der Waals surface area contributed by atoms with E-state index in [4.69, 9.17) is 0 Å². The van der Waals surface area contributed by atoms with Gasteiger partial charge in [0.15, 0.2) is 0 Å². The van der Waals surface area contributed by atoms with Crippen LogP contribution in [0.3, 0.4) is 0 Å². The molecule has 5 aromatic rings. The van der Waals surface area contributed by atoms with Gasteiger partial charge < -0.3 is 4.90 Å². The zero-order chi connectivity index (χ0) is 25.5. The van der Waals surface area contributed by atoms with Crippen molar-refractivity contribution < 1.29 is 0 Å². The van der Waals surface area contributed by atoms with Crippen molar-refractivity contribution >= 4 is 42.7 Å². The maximum atomic E-state index is 2.37. The molecule has 0 saturated heterocycles. The van der Waals surface area contributed by atoms with Crippen molar-refractivity contribution in [3.05, 3.63) is 151 Å². The maximum Gasteiger partial charge on any atom is 0.0361 e. The van der Waals surface area contributed by atoms with Crippen molar-refractivity contribution in [3.63, 3.8) is 0 Å². The molecule has 3 heteroatoms. The Morgan fingerprint density at radius 3 is 1.24 bits per heavy atom. The van der Waals surface area contributed by atoms with Crippen LogP contribution in [0.4, 0.5) is 5.69 Å². The van der Waals surface area contributed by atoms with Crippen LogP contribution in [0.25, 0.3) is 0 Å². The first kappa shape index (κ1) is 25.4. The fourth-order valence-corrected chi connectivity index (χ4v) is 10.7. The van der Waals surface area contributed by atoms with Gasteiger partial charge in [-0.1, -0.05) is 133 Å². The van der Waals surface area contributed by atoms with E-state index in [1.54, 1.807) is 0 Å². The minimum absolute atomic E-state index is 0.377. The van der Waals surface area contributed by atoms with Crippen LogP contribution in [0, 0.1) is 0 Å². The van der Waals surface area contributed by atoms with E-state index in [1.807, 2.05) is 0 Å². The number of nitrogens with zero attached hydrogens (tertiary/aromatic N) is 1. The molecule has 0 aromatic heterocycles. The van der Waals surface area contributed by atoms with E-state index in [9.17, 15) is 0 Å². The zero-order valence-corrected chi connectivity index (χ0v) is 23.3. The molecule has 0 spiro atoms. The first-order valence-electron chi connectivity index (χ1n) is 12.7. The summed E-state index contributed by atoms with van der Waals surface area (Å²) < 4.78 is 0. The summed E-state index contributed by atoms with van der Waals surface area (Å²) in [5, 5.41) is 5.74. The van der Waals surface area contributed by atoms with E-state index < -0.39 is 15.8 Å². The minimum atomic E-state index is -0.626. The zero-order valence-electron chi connectivity index (χ0n) is 21.5. The lowest BCUT2D eigenvalue weighted by molar-refractivity contribution is 1.08. The third kappa shape index (κ3) is 6.19. The Balaban J connectivity index is 1.67. The Kier molecular flexibility index (Phi) is 8.47. The number of rotatable bonds is 9. The van der Waals surface area contributed by atoms with Gasteiger partial charge in [-0.05, 0) is 60.9 Å². The van der Waals surface area contributed by atoms with Gasteiger partial charge in [0.25, 0.3) is 0 Å². The molecule has 5 aromatic carbocycles. The Morgan fingerprint density at radius 2 is 0.865 bits per heavy atom. The number of hydrogen-bond acceptors (Lipinski definition) is 1. The highest BCUT2D eigenvalue weighted by Gasteiger charge is 2.30. The van der Waals surface area contributed by atoms with E-state index >= 15 is 0 Å². The molecule has 1 atom stereocenters. The smallest absolute Gasteiger partial charge is 0.0361 e. The average Bonchev–Trinajstić information content (AvgIpc) is 2.97. The quantitative estimate of drug-likeness (QED) is 0.189. The van der Waals surface area contributed by atoms with Crippen LogP contribution in [0.1, 0.15) is 11.2 Å². The van der Waals surface area contributed by atoms with Crippen LogP contribution in [0.5, 0.6) is 0 Å². The summed E-state index contributed by atoms with van der Waals surface area (Å²) in [6, 6.07) is 53.9. The van der Waals surface area contributed by atoms with Crippen molar-refractivity contribution in [1.82, 2.24) is 0 Å². The molecule has 1 unspecified atom stereocenters. The van der Waals surface area contributed by atoms with Crippen LogP contribution in [0.2, 0.25) is 0 Å². The summed E-state index contributed by atoms with van der Waals surface area (Å²) in [5.41, 5.74) is 3.03. The Hall–Kier alpha value is -3.24. The van der Waals surface area contributed by atoms with E-state index in [0.717, 1.165) is 6.16 Å². The first-order chi connectivity index (χ1) is 18.2. The molecular weight excluding hydrogens is 484 g/mol. The molecule has 0 heterocycles. The molecule has 37 heavy (non-hydrogen) atoms. The van der Waals surface area contributed by atoms with Gasteiger partial charge in [0.2, 0.25) is 0 Å². The standard InChI is InChI=1S/C34H33NP2/c1-35(2)29-25-23-28(24-26-29)34(37(32-19-11-5-12-20-32)33-21-13-6-14-22-33)27-36(30-15-7-3-8-16-30)31-17-9-4-10-18-31/h3-26,34H,27H2,1-2H3. The number of anilines is 1. The highest BCUT2D eigenvalue weighted by Crippen LogP contribution is 2.55. The second-order valence-electron chi connectivity index (χ2n) is 9.32. The SMILES string of the molecule is CN(C)c1ccc(C(CP(c2ccccc2)c2ccccc2)P(c2ccccc2)c2ccccc2)cc1. The van der Waals surface area contributed by atoms with Gasteiger partial charge >= 0.3 is 0 Å². The Labute approximate surface area is 224 Å². The third-order valence-electron chi connectivity index (χ3n) is 6.67. The largest absolute Gasteiger partial charge is 0.378 e. The lowest BCUT2D eigenvalue weighted by Crippen LogP contribution is -2.23. The predicted molar refractivity (Wildman–Crippen MR) is 167 cm³/mol. The van der Waals surface area contributed by atoms with Crippen LogP contribution in [-0.4, -0.2) is 20.3 Å². The van der Waals surface area contributed by atoms with Crippen molar-refractivity contribution in [2.45, 2.75) is 5.66 Å². The van der Waals surface area contributed by atoms with Gasteiger partial charge in [0.05, 0.1) is 0 Å². The molecule has 5 rings (SSSR count). The highest BCUT2D eigenvalue weighted by atomic mass is 31.1. The van der Waals surface area contributed by atoms with Crippen LogP contribution in [0.15, 0.2) is 146 Å². The van der Waals surface area contributed by atoms with E-state index in [1.165, 1.54) is 32.5 Å². The maximum absolute atomic E-state index is 2.37. The molecule has 0 N–H and O–H groups in total. The Bertz CT molecular complexity index is 1280. The van der Waals surface area contributed by atoms with Crippen LogP contribution in [-0.2, 0) is 0 Å². The molecule has 0 fully saturated rings. The molecule has 0 radical (unpaired) electrons. The minimum Gasteiger partial charge on any atom is -0.378 e. The second kappa shape index (κ2) is 12.3. The van der Waals surface area contributed by atoms with E-state index in [2.05, 4.69) is 165 Å².